The molecule has 2 aromatic rings. The molecule has 6 nitrogen and oxygen atoms in total. The molecule has 0 radical (unpaired) electrons. The van der Waals surface area contributed by atoms with Crippen LogP contribution in [0.3, 0.4) is 0 Å². The molecular formula is C20H18ClN3O3S. The first-order chi connectivity index (χ1) is 13.4. The summed E-state index contributed by atoms with van der Waals surface area (Å²) in [5.41, 5.74) is 5.96. The van der Waals surface area contributed by atoms with Crippen LogP contribution in [0.2, 0.25) is 5.02 Å². The van der Waals surface area contributed by atoms with E-state index in [0.29, 0.717) is 5.02 Å². The number of hydrogen-bond acceptors (Lipinski definition) is 3. The predicted octanol–water partition coefficient (Wildman–Crippen LogP) is 4.03. The molecule has 2 aliphatic carbocycles. The molecule has 1 atom stereocenters. The zero-order valence-corrected chi connectivity index (χ0v) is 16.6. The van der Waals surface area contributed by atoms with E-state index in [1.54, 1.807) is 0 Å². The highest BCUT2D eigenvalue weighted by Crippen LogP contribution is 2.38. The summed E-state index contributed by atoms with van der Waals surface area (Å²) in [4.78, 5) is 25.1. The van der Waals surface area contributed by atoms with E-state index in [1.807, 2.05) is 0 Å². The molecule has 3 aliphatic rings. The molecule has 0 saturated heterocycles. The van der Waals surface area contributed by atoms with Gasteiger partial charge in [-0.25, -0.2) is 13.7 Å². The van der Waals surface area contributed by atoms with Gasteiger partial charge in [0.15, 0.2) is 9.92 Å². The smallest absolute Gasteiger partial charge is 0.307 e. The normalized spacial score (nSPS) is 21.7. The summed E-state index contributed by atoms with van der Waals surface area (Å²) in [5.74, 6) is -0.635. The Balaban J connectivity index is 1.47. The second-order valence-corrected chi connectivity index (χ2v) is 9.67. The van der Waals surface area contributed by atoms with Gasteiger partial charge in [-0.05, 0) is 79.0 Å². The van der Waals surface area contributed by atoms with E-state index in [9.17, 15) is 13.8 Å². The van der Waals surface area contributed by atoms with Gasteiger partial charge in [-0.3, -0.25) is 4.79 Å². The number of anilines is 1. The zero-order chi connectivity index (χ0) is 19.5. The van der Waals surface area contributed by atoms with Crippen LogP contribution in [-0.2, 0) is 35.6 Å². The first-order valence-electron chi connectivity index (χ1n) is 9.31. The zero-order valence-electron chi connectivity index (χ0n) is 15.0. The molecule has 0 bridgehead atoms. The Kier molecular flexibility index (Phi) is 4.00. The standard InChI is InChI=1S/C20H18ClN3O3S/c21-13-7-8-17-16(10-13)19(25)23-28(17,27)24-20(26)22-18-14-5-1-3-11(14)9-12-4-2-6-15(12)18/h7-10H,1-6H2,(H2,22,23,24,25,26,27). The van der Waals surface area contributed by atoms with Gasteiger partial charge in [0.05, 0.1) is 10.5 Å². The minimum atomic E-state index is -3.37. The minimum absolute atomic E-state index is 0.166. The number of rotatable bonds is 2. The number of nitrogens with one attached hydrogen (secondary N) is 2. The van der Waals surface area contributed by atoms with Crippen molar-refractivity contribution >= 4 is 39.1 Å². The van der Waals surface area contributed by atoms with Crippen molar-refractivity contribution < 1.29 is 13.8 Å². The number of aryl methyl sites for hydroxylation is 2. The fraction of sp³-hybridized carbons (Fsp3) is 0.300. The summed E-state index contributed by atoms with van der Waals surface area (Å²) in [6.07, 6.45) is 6.04. The van der Waals surface area contributed by atoms with Crippen LogP contribution in [0.1, 0.15) is 45.5 Å². The average Bonchev–Trinajstić information content (AvgIpc) is 3.34. The van der Waals surface area contributed by atoms with E-state index in [2.05, 4.69) is 20.5 Å². The number of carbonyl (C=O) groups is 2. The van der Waals surface area contributed by atoms with Gasteiger partial charge in [0, 0.05) is 10.7 Å². The molecule has 1 unspecified atom stereocenters. The molecule has 2 aromatic carbocycles. The second-order valence-electron chi connectivity index (χ2n) is 7.35. The molecule has 0 saturated carbocycles. The summed E-state index contributed by atoms with van der Waals surface area (Å²) in [6, 6.07) is 6.10. The lowest BCUT2D eigenvalue weighted by Gasteiger charge is -2.17. The monoisotopic (exact) mass is 415 g/mol. The number of fused-ring (bicyclic) bond motifs is 3. The maximum absolute atomic E-state index is 13.2. The van der Waals surface area contributed by atoms with Gasteiger partial charge < -0.3 is 5.32 Å². The van der Waals surface area contributed by atoms with Gasteiger partial charge in [0.2, 0.25) is 0 Å². The van der Waals surface area contributed by atoms with Crippen molar-refractivity contribution in [2.75, 3.05) is 5.32 Å². The number of hydrogen-bond donors (Lipinski definition) is 2. The van der Waals surface area contributed by atoms with Crippen molar-refractivity contribution in [1.82, 2.24) is 4.72 Å². The molecule has 0 fully saturated rings. The summed E-state index contributed by atoms with van der Waals surface area (Å²) in [6.45, 7) is 0. The van der Waals surface area contributed by atoms with Crippen LogP contribution in [-0.4, -0.2) is 16.1 Å². The molecule has 3 amide bonds. The molecule has 1 heterocycles. The maximum Gasteiger partial charge on any atom is 0.331 e. The van der Waals surface area contributed by atoms with Crippen LogP contribution in [0.15, 0.2) is 33.5 Å². The molecule has 144 valence electrons. The van der Waals surface area contributed by atoms with E-state index < -0.39 is 21.9 Å². The van der Waals surface area contributed by atoms with E-state index >= 15 is 0 Å². The fourth-order valence-corrected chi connectivity index (χ4v) is 6.19. The lowest BCUT2D eigenvalue weighted by Crippen LogP contribution is -2.34. The Morgan fingerprint density at radius 1 is 1.04 bits per heavy atom. The van der Waals surface area contributed by atoms with Gasteiger partial charge in [-0.15, -0.1) is 4.36 Å². The third-order valence-electron chi connectivity index (χ3n) is 5.62. The van der Waals surface area contributed by atoms with Crippen LogP contribution in [0.25, 0.3) is 0 Å². The molecule has 5 rings (SSSR count). The van der Waals surface area contributed by atoms with Crippen molar-refractivity contribution in [2.45, 2.75) is 43.4 Å². The van der Waals surface area contributed by atoms with Crippen molar-refractivity contribution in [2.24, 2.45) is 4.36 Å². The third kappa shape index (κ3) is 2.72. The van der Waals surface area contributed by atoms with Gasteiger partial charge in [0.1, 0.15) is 0 Å². The Bertz CT molecular complexity index is 1150. The number of halogens is 1. The fourth-order valence-electron chi connectivity index (χ4n) is 4.44. The van der Waals surface area contributed by atoms with Crippen LogP contribution in [0, 0.1) is 0 Å². The van der Waals surface area contributed by atoms with Gasteiger partial charge in [0.25, 0.3) is 5.91 Å². The maximum atomic E-state index is 13.2. The van der Waals surface area contributed by atoms with Crippen molar-refractivity contribution in [3.8, 4) is 0 Å². The van der Waals surface area contributed by atoms with Gasteiger partial charge in [-0.1, -0.05) is 17.7 Å². The van der Waals surface area contributed by atoms with E-state index in [1.165, 1.54) is 40.5 Å². The van der Waals surface area contributed by atoms with Crippen molar-refractivity contribution in [1.29, 1.82) is 0 Å². The largest absolute Gasteiger partial charge is 0.331 e. The molecule has 1 aliphatic heterocycles. The van der Waals surface area contributed by atoms with Crippen LogP contribution in [0.5, 0.6) is 0 Å². The number of benzene rings is 2. The molecule has 28 heavy (non-hydrogen) atoms. The lowest BCUT2D eigenvalue weighted by atomic mass is 9.99. The number of urea groups is 1. The van der Waals surface area contributed by atoms with Gasteiger partial charge in [-0.2, -0.15) is 0 Å². The van der Waals surface area contributed by atoms with E-state index in [-0.39, 0.29) is 10.5 Å². The Morgan fingerprint density at radius 3 is 2.39 bits per heavy atom. The van der Waals surface area contributed by atoms with Crippen LogP contribution in [0.4, 0.5) is 10.5 Å². The Hall–Kier alpha value is -2.38. The molecular weight excluding hydrogens is 398 g/mol. The highest BCUT2D eigenvalue weighted by molar-refractivity contribution is 7.93. The summed E-state index contributed by atoms with van der Waals surface area (Å²) in [7, 11) is -3.37. The van der Waals surface area contributed by atoms with Crippen molar-refractivity contribution in [3.63, 3.8) is 0 Å². The quantitative estimate of drug-likeness (QED) is 0.776. The van der Waals surface area contributed by atoms with E-state index in [0.717, 1.165) is 44.2 Å². The van der Waals surface area contributed by atoms with E-state index in [4.69, 9.17) is 11.6 Å². The SMILES string of the molecule is O=C(Nc1c2c(cc3c1CCC3)CCC2)NS1(=O)=NC(=O)c2cc(Cl)ccc21. The number of amides is 3. The lowest BCUT2D eigenvalue weighted by molar-refractivity contribution is 0.101. The third-order valence-corrected chi connectivity index (χ3v) is 7.70. The average molecular weight is 416 g/mol. The summed E-state index contributed by atoms with van der Waals surface area (Å²) >= 11 is 5.92. The predicted molar refractivity (Wildman–Crippen MR) is 107 cm³/mol. The topological polar surface area (TPSA) is 87.6 Å². The summed E-state index contributed by atoms with van der Waals surface area (Å²) in [5, 5.41) is 3.28. The molecule has 0 aromatic heterocycles. The number of nitrogens with zero attached hydrogens (tertiary/aromatic N) is 1. The first kappa shape index (κ1) is 17.7. The van der Waals surface area contributed by atoms with Crippen molar-refractivity contribution in [3.05, 3.63) is 57.1 Å². The minimum Gasteiger partial charge on any atom is -0.307 e. The Labute approximate surface area is 168 Å². The van der Waals surface area contributed by atoms with Crippen LogP contribution >= 0.6 is 11.6 Å². The van der Waals surface area contributed by atoms with Crippen LogP contribution < -0.4 is 10.0 Å². The molecule has 2 N–H and O–H groups in total. The second kappa shape index (κ2) is 6.32. The summed E-state index contributed by atoms with van der Waals surface area (Å²) < 4.78 is 19.3. The highest BCUT2D eigenvalue weighted by atomic mass is 35.5. The molecule has 8 heteroatoms. The molecule has 0 spiro atoms. The highest BCUT2D eigenvalue weighted by Gasteiger charge is 2.32. The first-order valence-corrected chi connectivity index (χ1v) is 11.2. The Morgan fingerprint density at radius 2 is 1.71 bits per heavy atom. The van der Waals surface area contributed by atoms with Gasteiger partial charge >= 0.3 is 6.03 Å². The number of carbonyl (C=O) groups excluding carboxylic acids is 2.